The summed E-state index contributed by atoms with van der Waals surface area (Å²) in [5.41, 5.74) is 7.28. The molecule has 0 bridgehead atoms. The van der Waals surface area contributed by atoms with Gasteiger partial charge in [-0.1, -0.05) is 24.6 Å². The molecule has 0 spiro atoms. The maximum Gasteiger partial charge on any atom is 0.251 e. The normalized spacial score (nSPS) is 15.0. The second-order valence-corrected chi connectivity index (χ2v) is 8.28. The van der Waals surface area contributed by atoms with Gasteiger partial charge < -0.3 is 11.1 Å². The van der Waals surface area contributed by atoms with E-state index in [-0.39, 0.29) is 29.8 Å². The van der Waals surface area contributed by atoms with Gasteiger partial charge in [0.05, 0.1) is 4.90 Å². The first-order chi connectivity index (χ1) is 12.5. The summed E-state index contributed by atoms with van der Waals surface area (Å²) in [6.07, 6.45) is 2.83. The maximum absolute atomic E-state index is 13.0. The maximum atomic E-state index is 13.0. The highest BCUT2D eigenvalue weighted by Gasteiger charge is 2.27. The monoisotopic (exact) mass is 409 g/mol. The summed E-state index contributed by atoms with van der Waals surface area (Å²) in [6, 6.07) is 13.4. The number of nitrogen functional groups attached to an aromatic ring is 1. The Hall–Kier alpha value is -2.09. The molecule has 0 radical (unpaired) electrons. The number of nitrogens with one attached hydrogen (secondary N) is 1. The summed E-state index contributed by atoms with van der Waals surface area (Å²) < 4.78 is 27.5. The van der Waals surface area contributed by atoms with Crippen molar-refractivity contribution in [1.29, 1.82) is 0 Å². The first-order valence-corrected chi connectivity index (χ1v) is 10.1. The van der Waals surface area contributed by atoms with Gasteiger partial charge in [0.2, 0.25) is 10.0 Å². The summed E-state index contributed by atoms with van der Waals surface area (Å²) in [6.45, 7) is 1.25. The molecule has 0 aliphatic carbocycles. The van der Waals surface area contributed by atoms with Crippen molar-refractivity contribution < 1.29 is 13.2 Å². The highest BCUT2D eigenvalue weighted by atomic mass is 35.5. The van der Waals surface area contributed by atoms with E-state index < -0.39 is 10.0 Å². The molecule has 2 aromatic rings. The van der Waals surface area contributed by atoms with Crippen LogP contribution in [-0.4, -0.2) is 31.7 Å². The fraction of sp³-hybridized carbons (Fsp3) is 0.316. The zero-order valence-corrected chi connectivity index (χ0v) is 16.6. The third-order valence-electron chi connectivity index (χ3n) is 4.52. The number of benzene rings is 2. The Morgan fingerprint density at radius 1 is 1.00 bits per heavy atom. The molecule has 0 unspecified atom stereocenters. The average Bonchev–Trinajstić information content (AvgIpc) is 2.67. The van der Waals surface area contributed by atoms with Crippen LogP contribution in [0.25, 0.3) is 0 Å². The summed E-state index contributed by atoms with van der Waals surface area (Å²) in [5.74, 6) is -0.268. The molecule has 1 aliphatic heterocycles. The third-order valence-corrected chi connectivity index (χ3v) is 6.52. The fourth-order valence-electron chi connectivity index (χ4n) is 3.06. The second kappa shape index (κ2) is 9.21. The van der Waals surface area contributed by atoms with Crippen LogP contribution in [0.1, 0.15) is 35.2 Å². The van der Waals surface area contributed by atoms with E-state index in [1.54, 1.807) is 48.5 Å². The molecule has 1 aliphatic rings. The number of hydrogen-bond donors (Lipinski definition) is 2. The lowest BCUT2D eigenvalue weighted by Crippen LogP contribution is -2.36. The number of anilines is 1. The number of rotatable bonds is 5. The Labute approximate surface area is 166 Å². The third kappa shape index (κ3) is 5.00. The number of piperidine rings is 1. The molecule has 1 heterocycles. The number of halogens is 1. The molecule has 1 saturated heterocycles. The number of carbonyl (C=O) groups excluding carboxylic acids is 1. The predicted molar refractivity (Wildman–Crippen MR) is 108 cm³/mol. The molecule has 1 fully saturated rings. The highest BCUT2D eigenvalue weighted by Crippen LogP contribution is 2.23. The van der Waals surface area contributed by atoms with Crippen LogP contribution in [0, 0.1) is 0 Å². The van der Waals surface area contributed by atoms with Gasteiger partial charge in [-0.3, -0.25) is 4.79 Å². The van der Waals surface area contributed by atoms with E-state index in [9.17, 15) is 13.2 Å². The van der Waals surface area contributed by atoms with E-state index >= 15 is 0 Å². The summed E-state index contributed by atoms with van der Waals surface area (Å²) in [5, 5.41) is 2.79. The van der Waals surface area contributed by atoms with Crippen molar-refractivity contribution in [3.8, 4) is 0 Å². The van der Waals surface area contributed by atoms with Gasteiger partial charge in [-0.2, -0.15) is 4.31 Å². The van der Waals surface area contributed by atoms with Crippen molar-refractivity contribution in [3.63, 3.8) is 0 Å². The van der Waals surface area contributed by atoms with E-state index in [1.165, 1.54) is 4.31 Å². The van der Waals surface area contributed by atoms with E-state index in [2.05, 4.69) is 5.32 Å². The van der Waals surface area contributed by atoms with Crippen molar-refractivity contribution in [2.45, 2.75) is 30.7 Å². The van der Waals surface area contributed by atoms with Gasteiger partial charge in [0.15, 0.2) is 0 Å². The predicted octanol–water partition coefficient (Wildman–Crippen LogP) is 2.80. The number of amides is 1. The van der Waals surface area contributed by atoms with Crippen LogP contribution >= 0.6 is 12.4 Å². The van der Waals surface area contributed by atoms with E-state index in [1.807, 2.05) is 0 Å². The van der Waals surface area contributed by atoms with Crippen LogP contribution in [0.5, 0.6) is 0 Å². The average molecular weight is 410 g/mol. The van der Waals surface area contributed by atoms with Gasteiger partial charge in [0.25, 0.3) is 5.91 Å². The minimum Gasteiger partial charge on any atom is -0.399 e. The van der Waals surface area contributed by atoms with Crippen LogP contribution in [0.2, 0.25) is 0 Å². The number of sulfonamides is 1. The molecule has 0 atom stereocenters. The molecule has 6 nitrogen and oxygen atoms in total. The Kier molecular flexibility index (Phi) is 7.24. The molecule has 2 aromatic carbocycles. The van der Waals surface area contributed by atoms with Crippen molar-refractivity contribution in [1.82, 2.24) is 9.62 Å². The highest BCUT2D eigenvalue weighted by molar-refractivity contribution is 7.89. The molecule has 3 rings (SSSR count). The minimum atomic E-state index is -3.55. The topological polar surface area (TPSA) is 92.5 Å². The molecular weight excluding hydrogens is 386 g/mol. The largest absolute Gasteiger partial charge is 0.399 e. The van der Waals surface area contributed by atoms with E-state index in [4.69, 9.17) is 5.73 Å². The van der Waals surface area contributed by atoms with Crippen LogP contribution in [-0.2, 0) is 16.6 Å². The van der Waals surface area contributed by atoms with Crippen LogP contribution < -0.4 is 11.1 Å². The minimum absolute atomic E-state index is 0. The van der Waals surface area contributed by atoms with Gasteiger partial charge in [0, 0.05) is 30.9 Å². The van der Waals surface area contributed by atoms with Crippen molar-refractivity contribution >= 4 is 34.0 Å². The fourth-order valence-corrected chi connectivity index (χ4v) is 4.80. The van der Waals surface area contributed by atoms with E-state index in [0.29, 0.717) is 29.9 Å². The van der Waals surface area contributed by atoms with Gasteiger partial charge in [-0.05, 0) is 48.7 Å². The van der Waals surface area contributed by atoms with Crippen molar-refractivity contribution in [3.05, 3.63) is 59.7 Å². The Bertz CT molecular complexity index is 879. The first kappa shape index (κ1) is 21.2. The van der Waals surface area contributed by atoms with Gasteiger partial charge in [-0.15, -0.1) is 12.4 Å². The van der Waals surface area contributed by atoms with Gasteiger partial charge in [0.1, 0.15) is 0 Å². The molecule has 0 aromatic heterocycles. The number of nitrogens with two attached hydrogens (primary N) is 1. The molecule has 146 valence electrons. The number of hydrogen-bond acceptors (Lipinski definition) is 4. The summed E-state index contributed by atoms with van der Waals surface area (Å²) in [4.78, 5) is 12.5. The zero-order valence-electron chi connectivity index (χ0n) is 14.9. The van der Waals surface area contributed by atoms with Gasteiger partial charge >= 0.3 is 0 Å². The van der Waals surface area contributed by atoms with Crippen molar-refractivity contribution in [2.75, 3.05) is 18.8 Å². The molecule has 0 saturated carbocycles. The standard InChI is InChI=1S/C19H23N3O3S.ClH/c20-17-10-8-15(9-11-17)19(23)21-14-16-6-2-3-7-18(16)26(24,25)22-12-4-1-5-13-22;/h2-3,6-11H,1,4-5,12-14,20H2,(H,21,23);1H. The van der Waals surface area contributed by atoms with Crippen LogP contribution in [0.4, 0.5) is 5.69 Å². The van der Waals surface area contributed by atoms with Crippen molar-refractivity contribution in [2.24, 2.45) is 0 Å². The summed E-state index contributed by atoms with van der Waals surface area (Å²) in [7, 11) is -3.55. The molecular formula is C19H24ClN3O3S. The quantitative estimate of drug-likeness (QED) is 0.742. The SMILES string of the molecule is Cl.Nc1ccc(C(=O)NCc2ccccc2S(=O)(=O)N2CCCCC2)cc1. The summed E-state index contributed by atoms with van der Waals surface area (Å²) >= 11 is 0. The molecule has 8 heteroatoms. The Morgan fingerprint density at radius 2 is 1.63 bits per heavy atom. The van der Waals surface area contributed by atoms with Gasteiger partial charge in [-0.25, -0.2) is 8.42 Å². The van der Waals surface area contributed by atoms with E-state index in [0.717, 1.165) is 19.3 Å². The smallest absolute Gasteiger partial charge is 0.251 e. The number of nitrogens with zero attached hydrogens (tertiary/aromatic N) is 1. The first-order valence-electron chi connectivity index (χ1n) is 8.70. The lowest BCUT2D eigenvalue weighted by atomic mass is 10.2. The molecule has 3 N–H and O–H groups in total. The Balaban J connectivity index is 0.00000261. The number of carbonyl (C=O) groups is 1. The van der Waals surface area contributed by atoms with Crippen LogP contribution in [0.15, 0.2) is 53.4 Å². The molecule has 27 heavy (non-hydrogen) atoms. The Morgan fingerprint density at radius 3 is 2.30 bits per heavy atom. The second-order valence-electron chi connectivity index (χ2n) is 6.38. The van der Waals surface area contributed by atoms with Crippen LogP contribution in [0.3, 0.4) is 0 Å². The lowest BCUT2D eigenvalue weighted by molar-refractivity contribution is 0.0950. The molecule has 1 amide bonds. The zero-order chi connectivity index (χ0) is 18.6. The lowest BCUT2D eigenvalue weighted by Gasteiger charge is -2.26.